The van der Waals surface area contributed by atoms with Crippen LogP contribution in [0.25, 0.3) is 0 Å². The minimum absolute atomic E-state index is 0.0224. The lowest BCUT2D eigenvalue weighted by atomic mass is 10.2. The van der Waals surface area contributed by atoms with Crippen LogP contribution in [0.2, 0.25) is 0 Å². The molecule has 0 radical (unpaired) electrons. The highest BCUT2D eigenvalue weighted by Crippen LogP contribution is 2.16. The average molecular weight is 361 g/mol. The van der Waals surface area contributed by atoms with Crippen molar-refractivity contribution in [3.8, 4) is 0 Å². The second kappa shape index (κ2) is 8.65. The van der Waals surface area contributed by atoms with Crippen LogP contribution in [0.3, 0.4) is 0 Å². The lowest BCUT2D eigenvalue weighted by Gasteiger charge is -2.06. The van der Waals surface area contributed by atoms with Gasteiger partial charge in [0.2, 0.25) is 5.91 Å². The van der Waals surface area contributed by atoms with E-state index in [9.17, 15) is 19.7 Å². The number of nitro benzene ring substituents is 1. The van der Waals surface area contributed by atoms with Crippen molar-refractivity contribution in [3.05, 3.63) is 57.5 Å². The fourth-order valence-corrected chi connectivity index (χ4v) is 2.30. The Bertz CT molecular complexity index is 797. The van der Waals surface area contributed by atoms with Gasteiger partial charge in [0.1, 0.15) is 17.1 Å². The summed E-state index contributed by atoms with van der Waals surface area (Å²) in [4.78, 5) is 32.8. The molecule has 138 valence electrons. The van der Waals surface area contributed by atoms with E-state index in [1.54, 1.807) is 19.1 Å². The summed E-state index contributed by atoms with van der Waals surface area (Å²) in [6.45, 7) is 2.22. The SMILES string of the molecule is Cc1oc(CNC(=O)CCCNc2ccc([N+](=O)[O-])cc2)cc1C(=O)O. The number of non-ortho nitro benzene ring substituents is 1. The zero-order valence-corrected chi connectivity index (χ0v) is 14.2. The molecule has 3 N–H and O–H groups in total. The minimum Gasteiger partial charge on any atom is -0.478 e. The van der Waals surface area contributed by atoms with Gasteiger partial charge in [-0.05, 0) is 31.5 Å². The predicted octanol–water partition coefficient (Wildman–Crippen LogP) is 2.70. The number of rotatable bonds is 9. The van der Waals surface area contributed by atoms with Crippen molar-refractivity contribution in [1.29, 1.82) is 0 Å². The Labute approximate surface area is 149 Å². The number of nitrogens with one attached hydrogen (secondary N) is 2. The highest BCUT2D eigenvalue weighted by molar-refractivity contribution is 5.88. The maximum absolute atomic E-state index is 11.8. The van der Waals surface area contributed by atoms with Gasteiger partial charge >= 0.3 is 5.97 Å². The van der Waals surface area contributed by atoms with Crippen LogP contribution in [0.15, 0.2) is 34.7 Å². The number of hydrogen-bond acceptors (Lipinski definition) is 6. The van der Waals surface area contributed by atoms with E-state index in [-0.39, 0.29) is 30.1 Å². The van der Waals surface area contributed by atoms with Gasteiger partial charge in [-0.15, -0.1) is 0 Å². The molecule has 1 aromatic heterocycles. The van der Waals surface area contributed by atoms with Crippen molar-refractivity contribution in [2.45, 2.75) is 26.3 Å². The van der Waals surface area contributed by atoms with E-state index in [0.29, 0.717) is 24.5 Å². The molecule has 2 rings (SSSR count). The van der Waals surface area contributed by atoms with Gasteiger partial charge in [-0.2, -0.15) is 0 Å². The summed E-state index contributed by atoms with van der Waals surface area (Å²) < 4.78 is 5.28. The average Bonchev–Trinajstić information content (AvgIpc) is 2.98. The number of nitro groups is 1. The number of hydrogen-bond donors (Lipinski definition) is 3. The molecule has 0 bridgehead atoms. The number of benzene rings is 1. The lowest BCUT2D eigenvalue weighted by Crippen LogP contribution is -2.22. The first-order valence-electron chi connectivity index (χ1n) is 7.94. The molecule has 9 heteroatoms. The third kappa shape index (κ3) is 5.33. The Morgan fingerprint density at radius 1 is 1.27 bits per heavy atom. The summed E-state index contributed by atoms with van der Waals surface area (Å²) in [6.07, 6.45) is 0.853. The Morgan fingerprint density at radius 2 is 1.96 bits per heavy atom. The van der Waals surface area contributed by atoms with E-state index in [1.807, 2.05) is 0 Å². The molecule has 1 heterocycles. The summed E-state index contributed by atoms with van der Waals surface area (Å²) in [7, 11) is 0. The van der Waals surface area contributed by atoms with Crippen LogP contribution in [0.4, 0.5) is 11.4 Å². The number of furan rings is 1. The van der Waals surface area contributed by atoms with Crippen LogP contribution in [0, 0.1) is 17.0 Å². The Balaban J connectivity index is 1.68. The molecule has 0 fully saturated rings. The van der Waals surface area contributed by atoms with Crippen LogP contribution in [0.1, 0.15) is 34.7 Å². The number of nitrogens with zero attached hydrogens (tertiary/aromatic N) is 1. The van der Waals surface area contributed by atoms with Crippen molar-refractivity contribution in [1.82, 2.24) is 5.32 Å². The monoisotopic (exact) mass is 361 g/mol. The quantitative estimate of drug-likeness (QED) is 0.355. The van der Waals surface area contributed by atoms with Crippen molar-refractivity contribution in [2.24, 2.45) is 0 Å². The minimum atomic E-state index is -1.07. The molecule has 2 aromatic rings. The topological polar surface area (TPSA) is 135 Å². The Kier molecular flexibility index (Phi) is 6.31. The van der Waals surface area contributed by atoms with Gasteiger partial charge in [0, 0.05) is 30.8 Å². The highest BCUT2D eigenvalue weighted by atomic mass is 16.6. The van der Waals surface area contributed by atoms with Gasteiger partial charge in [-0.1, -0.05) is 0 Å². The van der Waals surface area contributed by atoms with Crippen LogP contribution in [-0.2, 0) is 11.3 Å². The van der Waals surface area contributed by atoms with Crippen molar-refractivity contribution < 1.29 is 24.0 Å². The highest BCUT2D eigenvalue weighted by Gasteiger charge is 2.14. The molecular formula is C17H19N3O6. The fraction of sp³-hybridized carbons (Fsp3) is 0.294. The number of carbonyl (C=O) groups excluding carboxylic acids is 1. The van der Waals surface area contributed by atoms with Gasteiger partial charge in [0.05, 0.1) is 11.5 Å². The van der Waals surface area contributed by atoms with E-state index >= 15 is 0 Å². The number of carboxylic acids is 1. The van der Waals surface area contributed by atoms with Crippen LogP contribution in [0.5, 0.6) is 0 Å². The number of carbonyl (C=O) groups is 2. The lowest BCUT2D eigenvalue weighted by molar-refractivity contribution is -0.384. The second-order valence-electron chi connectivity index (χ2n) is 5.60. The molecule has 0 saturated heterocycles. The summed E-state index contributed by atoms with van der Waals surface area (Å²) in [6, 6.07) is 7.43. The fourth-order valence-electron chi connectivity index (χ4n) is 2.30. The van der Waals surface area contributed by atoms with Crippen molar-refractivity contribution in [2.75, 3.05) is 11.9 Å². The van der Waals surface area contributed by atoms with Gasteiger partial charge in [-0.3, -0.25) is 14.9 Å². The van der Waals surface area contributed by atoms with Gasteiger partial charge in [0.25, 0.3) is 5.69 Å². The molecule has 0 atom stereocenters. The van der Waals surface area contributed by atoms with E-state index in [2.05, 4.69) is 10.6 Å². The van der Waals surface area contributed by atoms with Crippen LogP contribution < -0.4 is 10.6 Å². The summed E-state index contributed by atoms with van der Waals surface area (Å²) in [5.41, 5.74) is 0.846. The molecule has 0 aliphatic rings. The van der Waals surface area contributed by atoms with Gasteiger partial charge < -0.3 is 20.2 Å². The van der Waals surface area contributed by atoms with Crippen molar-refractivity contribution in [3.63, 3.8) is 0 Å². The maximum Gasteiger partial charge on any atom is 0.339 e. The molecule has 0 aliphatic heterocycles. The third-order valence-electron chi connectivity index (χ3n) is 3.65. The first-order chi connectivity index (χ1) is 12.4. The van der Waals surface area contributed by atoms with E-state index in [0.717, 1.165) is 5.69 Å². The summed E-state index contributed by atoms with van der Waals surface area (Å²) in [5.74, 6) is -0.561. The standard InChI is InChI=1S/C17H19N3O6/c1-11-15(17(22)23)9-14(26-11)10-19-16(21)3-2-8-18-12-4-6-13(7-5-12)20(24)25/h4-7,9,18H,2-3,8,10H2,1H3,(H,19,21)(H,22,23). The first kappa shape index (κ1) is 19.0. The zero-order valence-electron chi connectivity index (χ0n) is 14.2. The number of anilines is 1. The van der Waals surface area contributed by atoms with E-state index < -0.39 is 10.9 Å². The molecule has 9 nitrogen and oxygen atoms in total. The molecule has 1 aromatic carbocycles. The summed E-state index contributed by atoms with van der Waals surface area (Å²) >= 11 is 0. The van der Waals surface area contributed by atoms with E-state index in [1.165, 1.54) is 18.2 Å². The number of carboxylic acid groups (broad SMARTS) is 1. The molecule has 0 spiro atoms. The third-order valence-corrected chi connectivity index (χ3v) is 3.65. The number of aromatic carboxylic acids is 1. The number of aryl methyl sites for hydroxylation is 1. The first-order valence-corrected chi connectivity index (χ1v) is 7.94. The Morgan fingerprint density at radius 3 is 2.54 bits per heavy atom. The molecular weight excluding hydrogens is 342 g/mol. The molecule has 0 unspecified atom stereocenters. The van der Waals surface area contributed by atoms with Crippen molar-refractivity contribution >= 4 is 23.3 Å². The second-order valence-corrected chi connectivity index (χ2v) is 5.60. The molecule has 0 aliphatic carbocycles. The van der Waals surface area contributed by atoms with Crippen LogP contribution >= 0.6 is 0 Å². The van der Waals surface area contributed by atoms with Gasteiger partial charge in [0.15, 0.2) is 0 Å². The molecule has 26 heavy (non-hydrogen) atoms. The Hall–Kier alpha value is -3.36. The smallest absolute Gasteiger partial charge is 0.339 e. The van der Waals surface area contributed by atoms with Crippen LogP contribution in [-0.4, -0.2) is 28.5 Å². The number of amides is 1. The summed E-state index contributed by atoms with van der Waals surface area (Å²) in [5, 5.41) is 25.3. The predicted molar refractivity (Wildman–Crippen MR) is 93.1 cm³/mol. The normalized spacial score (nSPS) is 10.3. The van der Waals surface area contributed by atoms with E-state index in [4.69, 9.17) is 9.52 Å². The van der Waals surface area contributed by atoms with Gasteiger partial charge in [-0.25, -0.2) is 4.79 Å². The molecule has 1 amide bonds. The maximum atomic E-state index is 11.8. The largest absolute Gasteiger partial charge is 0.478 e. The zero-order chi connectivity index (χ0) is 19.1. The molecule has 0 saturated carbocycles.